The minimum Gasteiger partial charge on any atom is -0.298 e. The Morgan fingerprint density at radius 1 is 1.53 bits per heavy atom. The first-order valence-electron chi connectivity index (χ1n) is 4.96. The molecule has 0 heterocycles. The van der Waals surface area contributed by atoms with Crippen LogP contribution in [0.25, 0.3) is 0 Å². The normalized spacial score (nSPS) is 12.5. The van der Waals surface area contributed by atoms with Crippen molar-refractivity contribution in [2.75, 3.05) is 0 Å². The molecule has 0 radical (unpaired) electrons. The Hall–Kier alpha value is -0.340. The van der Waals surface area contributed by atoms with Crippen molar-refractivity contribution in [3.63, 3.8) is 0 Å². The lowest BCUT2D eigenvalue weighted by molar-refractivity contribution is -0.118. The maximum absolute atomic E-state index is 11.4. The van der Waals surface area contributed by atoms with E-state index in [1.54, 1.807) is 0 Å². The van der Waals surface area contributed by atoms with Crippen molar-refractivity contribution < 1.29 is 4.79 Å². The molecule has 0 aromatic heterocycles. The number of carbonyl (C=O) groups excluding carboxylic acids is 1. The van der Waals surface area contributed by atoms with Crippen LogP contribution < -0.4 is 0 Å². The van der Waals surface area contributed by atoms with Crippen molar-refractivity contribution in [1.29, 1.82) is 0 Å². The molecule has 0 saturated heterocycles. The molecule has 0 N–H and O–H groups in total. The Balaban J connectivity index is 2.80. The summed E-state index contributed by atoms with van der Waals surface area (Å²) in [5, 5.41) is 0.731. The number of ketones is 1. The van der Waals surface area contributed by atoms with Gasteiger partial charge in [0.15, 0.2) is 0 Å². The van der Waals surface area contributed by atoms with E-state index in [2.05, 4.69) is 15.9 Å². The zero-order valence-corrected chi connectivity index (χ0v) is 11.2. The Bertz CT molecular complexity index is 363. The monoisotopic (exact) mass is 288 g/mol. The van der Waals surface area contributed by atoms with Gasteiger partial charge in [0.05, 0.1) is 4.83 Å². The Kier molecular flexibility index (Phi) is 4.81. The number of Topliss-reactive ketones (excluding diaryl/α,β-unsaturated/α-hetero) is 1. The number of hydrogen-bond donors (Lipinski definition) is 0. The van der Waals surface area contributed by atoms with Crippen molar-refractivity contribution in [1.82, 2.24) is 0 Å². The second-order valence-corrected chi connectivity index (χ2v) is 5.10. The van der Waals surface area contributed by atoms with E-state index in [-0.39, 0.29) is 10.6 Å². The summed E-state index contributed by atoms with van der Waals surface area (Å²) in [4.78, 5) is 11.3. The molecule has 1 aromatic rings. The predicted molar refractivity (Wildman–Crippen MR) is 67.9 cm³/mol. The third kappa shape index (κ3) is 3.62. The molecular formula is C12H14BrClO. The lowest BCUT2D eigenvalue weighted by Crippen LogP contribution is -2.15. The molecule has 0 spiro atoms. The van der Waals surface area contributed by atoms with Gasteiger partial charge in [-0.05, 0) is 25.0 Å². The van der Waals surface area contributed by atoms with E-state index < -0.39 is 0 Å². The van der Waals surface area contributed by atoms with Crippen LogP contribution in [-0.2, 0) is 11.2 Å². The highest BCUT2D eigenvalue weighted by molar-refractivity contribution is 9.10. The van der Waals surface area contributed by atoms with Crippen LogP contribution in [0.5, 0.6) is 0 Å². The molecule has 0 saturated carbocycles. The molecule has 0 aliphatic heterocycles. The first-order chi connectivity index (χ1) is 7.04. The second kappa shape index (κ2) is 5.66. The van der Waals surface area contributed by atoms with Gasteiger partial charge >= 0.3 is 0 Å². The summed E-state index contributed by atoms with van der Waals surface area (Å²) in [5.41, 5.74) is 2.19. The predicted octanol–water partition coefficient (Wildman–Crippen LogP) is 3.93. The van der Waals surface area contributed by atoms with E-state index >= 15 is 0 Å². The van der Waals surface area contributed by atoms with Crippen molar-refractivity contribution in [2.24, 2.45) is 0 Å². The lowest BCUT2D eigenvalue weighted by atomic mass is 10.0. The number of benzene rings is 1. The lowest BCUT2D eigenvalue weighted by Gasteiger charge is -2.09. The van der Waals surface area contributed by atoms with Crippen LogP contribution in [0, 0.1) is 6.92 Å². The van der Waals surface area contributed by atoms with Gasteiger partial charge in [-0.25, -0.2) is 0 Å². The molecule has 15 heavy (non-hydrogen) atoms. The number of rotatable bonds is 4. The summed E-state index contributed by atoms with van der Waals surface area (Å²) in [7, 11) is 0. The van der Waals surface area contributed by atoms with Crippen molar-refractivity contribution >= 4 is 33.3 Å². The first kappa shape index (κ1) is 12.7. The summed E-state index contributed by atoms with van der Waals surface area (Å²) < 4.78 is 0. The molecule has 1 nitrogen and oxygen atoms in total. The maximum atomic E-state index is 11.4. The number of carbonyl (C=O) groups is 1. The van der Waals surface area contributed by atoms with Crippen LogP contribution >= 0.6 is 27.5 Å². The average molecular weight is 290 g/mol. The van der Waals surface area contributed by atoms with E-state index in [9.17, 15) is 4.79 Å². The Morgan fingerprint density at radius 2 is 2.20 bits per heavy atom. The molecular weight excluding hydrogens is 275 g/mol. The molecule has 0 aliphatic carbocycles. The Morgan fingerprint density at radius 3 is 2.80 bits per heavy atom. The van der Waals surface area contributed by atoms with Gasteiger partial charge in [-0.2, -0.15) is 0 Å². The van der Waals surface area contributed by atoms with Crippen LogP contribution in [0.3, 0.4) is 0 Å². The first-order valence-corrected chi connectivity index (χ1v) is 6.25. The highest BCUT2D eigenvalue weighted by Crippen LogP contribution is 2.21. The number of aryl methyl sites for hydroxylation is 1. The molecule has 0 fully saturated rings. The van der Waals surface area contributed by atoms with Crippen LogP contribution in [0.15, 0.2) is 18.2 Å². The fourth-order valence-corrected chi connectivity index (χ4v) is 2.26. The standard InChI is InChI=1S/C12H14BrClO/c1-3-12(15)10(13)7-9-6-8(2)4-5-11(9)14/h4-6,10H,3,7H2,1-2H3. The molecule has 0 aliphatic rings. The third-order valence-electron chi connectivity index (χ3n) is 2.30. The van der Waals surface area contributed by atoms with Gasteiger partial charge in [-0.15, -0.1) is 0 Å². The summed E-state index contributed by atoms with van der Waals surface area (Å²) in [5.74, 6) is 0.215. The van der Waals surface area contributed by atoms with Crippen LogP contribution in [-0.4, -0.2) is 10.6 Å². The van der Waals surface area contributed by atoms with Gasteiger partial charge in [0.25, 0.3) is 0 Å². The summed E-state index contributed by atoms with van der Waals surface area (Å²) >= 11 is 9.45. The van der Waals surface area contributed by atoms with Crippen molar-refractivity contribution in [2.45, 2.75) is 31.5 Å². The highest BCUT2D eigenvalue weighted by Gasteiger charge is 2.14. The van der Waals surface area contributed by atoms with E-state index in [0.29, 0.717) is 12.8 Å². The Labute approximate surface area is 104 Å². The topological polar surface area (TPSA) is 17.1 Å². The zero-order chi connectivity index (χ0) is 11.4. The van der Waals surface area contributed by atoms with Crippen LogP contribution in [0.1, 0.15) is 24.5 Å². The molecule has 1 aromatic carbocycles. The number of hydrogen-bond acceptors (Lipinski definition) is 1. The smallest absolute Gasteiger partial charge is 0.146 e. The number of halogens is 2. The van der Waals surface area contributed by atoms with Crippen molar-refractivity contribution in [3.05, 3.63) is 34.3 Å². The van der Waals surface area contributed by atoms with Crippen molar-refractivity contribution in [3.8, 4) is 0 Å². The highest BCUT2D eigenvalue weighted by atomic mass is 79.9. The van der Waals surface area contributed by atoms with Gasteiger partial charge in [0, 0.05) is 11.4 Å². The molecule has 1 atom stereocenters. The fraction of sp³-hybridized carbons (Fsp3) is 0.417. The number of alkyl halides is 1. The maximum Gasteiger partial charge on any atom is 0.146 e. The van der Waals surface area contributed by atoms with Gasteiger partial charge < -0.3 is 0 Å². The van der Waals surface area contributed by atoms with E-state index in [4.69, 9.17) is 11.6 Å². The molecule has 1 rings (SSSR count). The summed E-state index contributed by atoms with van der Waals surface area (Å²) in [6, 6.07) is 5.87. The van der Waals surface area contributed by atoms with E-state index in [1.165, 1.54) is 0 Å². The molecule has 0 bridgehead atoms. The minimum atomic E-state index is -0.123. The average Bonchev–Trinajstić information content (AvgIpc) is 2.22. The molecule has 82 valence electrons. The summed E-state index contributed by atoms with van der Waals surface area (Å²) in [6.45, 7) is 3.89. The molecule has 0 amide bonds. The van der Waals surface area contributed by atoms with Gasteiger partial charge in [-0.3, -0.25) is 4.79 Å². The molecule has 3 heteroatoms. The fourth-order valence-electron chi connectivity index (χ4n) is 1.39. The second-order valence-electron chi connectivity index (χ2n) is 3.59. The SMILES string of the molecule is CCC(=O)C(Br)Cc1cc(C)ccc1Cl. The van der Waals surface area contributed by atoms with E-state index in [1.807, 2.05) is 32.0 Å². The van der Waals surface area contributed by atoms with Gasteiger partial charge in [0.2, 0.25) is 0 Å². The minimum absolute atomic E-state index is 0.123. The van der Waals surface area contributed by atoms with Gasteiger partial charge in [0.1, 0.15) is 5.78 Å². The van der Waals surface area contributed by atoms with Gasteiger partial charge in [-0.1, -0.05) is 52.2 Å². The van der Waals surface area contributed by atoms with Crippen LogP contribution in [0.4, 0.5) is 0 Å². The summed E-state index contributed by atoms with van der Waals surface area (Å²) in [6.07, 6.45) is 1.21. The van der Waals surface area contributed by atoms with E-state index in [0.717, 1.165) is 16.1 Å². The third-order valence-corrected chi connectivity index (χ3v) is 3.50. The zero-order valence-electron chi connectivity index (χ0n) is 8.89. The van der Waals surface area contributed by atoms with Crippen LogP contribution in [0.2, 0.25) is 5.02 Å². The largest absolute Gasteiger partial charge is 0.298 e. The molecule has 1 unspecified atom stereocenters. The quantitative estimate of drug-likeness (QED) is 0.768.